The molecule has 0 aliphatic carbocycles. The quantitative estimate of drug-likeness (QED) is 0.582. The molecule has 0 saturated heterocycles. The summed E-state index contributed by atoms with van der Waals surface area (Å²) in [5.41, 5.74) is 0. The van der Waals surface area contributed by atoms with Crippen molar-refractivity contribution >= 4 is 26.2 Å². The molecule has 0 radical (unpaired) electrons. The van der Waals surface area contributed by atoms with Crippen LogP contribution in [0.25, 0.3) is 0 Å². The van der Waals surface area contributed by atoms with Crippen molar-refractivity contribution in [2.24, 2.45) is 0 Å². The van der Waals surface area contributed by atoms with E-state index in [9.17, 15) is 0 Å². The summed E-state index contributed by atoms with van der Waals surface area (Å²) in [4.78, 5) is 0. The van der Waals surface area contributed by atoms with Crippen molar-refractivity contribution in [3.63, 3.8) is 0 Å². The van der Waals surface area contributed by atoms with Gasteiger partial charge in [0, 0.05) is 9.49 Å². The highest BCUT2D eigenvalue weighted by Gasteiger charge is 2.55. The van der Waals surface area contributed by atoms with E-state index in [0.717, 1.165) is 0 Å². The minimum absolute atomic E-state index is 0.423. The summed E-state index contributed by atoms with van der Waals surface area (Å²) in [7, 11) is -1.85. The van der Waals surface area contributed by atoms with E-state index in [-0.39, 0.29) is 0 Å². The second-order valence-corrected chi connectivity index (χ2v) is 28.2. The fourth-order valence-electron chi connectivity index (χ4n) is 4.53. The van der Waals surface area contributed by atoms with Crippen molar-refractivity contribution in [2.45, 2.75) is 51.0 Å². The molecule has 0 nitrogen and oxygen atoms in total. The first-order valence-electron chi connectivity index (χ1n) is 6.19. The highest BCUT2D eigenvalue weighted by atomic mass is 33.6. The zero-order valence-electron chi connectivity index (χ0n) is 14.2. The molecule has 0 heterocycles. The summed E-state index contributed by atoms with van der Waals surface area (Å²) < 4.78 is 0.846. The van der Waals surface area contributed by atoms with Gasteiger partial charge in [0.2, 0.25) is 0 Å². The van der Waals surface area contributed by atoms with Crippen LogP contribution in [0.2, 0.25) is 0 Å². The maximum atomic E-state index is 2.55. The van der Waals surface area contributed by atoms with E-state index in [2.05, 4.69) is 79.1 Å². The zero-order valence-corrected chi connectivity index (χ0v) is 16.7. The molecule has 0 N–H and O–H groups in total. The lowest BCUT2D eigenvalue weighted by Crippen LogP contribution is -2.42. The molecule has 0 rings (SSSR count). The lowest BCUT2D eigenvalue weighted by Gasteiger charge is -2.76. The standard InChI is InChI=1S/C14H36S3/c1-13(2,3)17(14(4,5)6,15(7,8)9)16(10,11)12/h1-12H3. The fraction of sp³-hybridized carbons (Fsp3) is 1.00. The van der Waals surface area contributed by atoms with E-state index in [1.165, 1.54) is 0 Å². The largest absolute Gasteiger partial charge is 0.210 e. The second-order valence-electron chi connectivity index (χ2n) is 8.18. The van der Waals surface area contributed by atoms with Crippen LogP contribution < -0.4 is 0 Å². The molecule has 0 unspecified atom stereocenters. The van der Waals surface area contributed by atoms with Gasteiger partial charge < -0.3 is 0 Å². The molecule has 0 aromatic carbocycles. The van der Waals surface area contributed by atoms with Gasteiger partial charge in [-0.2, -0.15) is 8.09 Å². The van der Waals surface area contributed by atoms with E-state index in [1.807, 2.05) is 0 Å². The highest BCUT2D eigenvalue weighted by molar-refractivity contribution is 9.40. The van der Waals surface area contributed by atoms with Gasteiger partial charge >= 0.3 is 0 Å². The molecular formula is C14H36S3. The summed E-state index contributed by atoms with van der Waals surface area (Å²) in [6.07, 6.45) is 15.3. The van der Waals surface area contributed by atoms with Gasteiger partial charge in [0.25, 0.3) is 0 Å². The Morgan fingerprint density at radius 1 is 0.471 bits per heavy atom. The van der Waals surface area contributed by atoms with Crippen LogP contribution in [-0.2, 0) is 0 Å². The summed E-state index contributed by atoms with van der Waals surface area (Å²) in [6, 6.07) is 0. The van der Waals surface area contributed by atoms with Crippen molar-refractivity contribution in [1.82, 2.24) is 0 Å². The summed E-state index contributed by atoms with van der Waals surface area (Å²) in [5, 5.41) is 0. The van der Waals surface area contributed by atoms with Gasteiger partial charge in [-0.05, 0) is 37.5 Å². The van der Waals surface area contributed by atoms with Crippen LogP contribution in [0.15, 0.2) is 0 Å². The molecule has 0 atom stereocenters. The Kier molecular flexibility index (Phi) is 4.84. The first-order valence-corrected chi connectivity index (χ1v) is 14.6. The third kappa shape index (κ3) is 2.81. The lowest BCUT2D eigenvalue weighted by atomic mass is 10.2. The van der Waals surface area contributed by atoms with Crippen LogP contribution >= 0.6 is 26.2 Å². The van der Waals surface area contributed by atoms with Crippen molar-refractivity contribution in [3.8, 4) is 0 Å². The monoisotopic (exact) mass is 300 g/mol. The minimum atomic E-state index is -0.694. The molecule has 17 heavy (non-hydrogen) atoms. The van der Waals surface area contributed by atoms with E-state index < -0.39 is 26.2 Å². The van der Waals surface area contributed by atoms with E-state index in [0.29, 0.717) is 9.49 Å². The summed E-state index contributed by atoms with van der Waals surface area (Å²) in [6.45, 7) is 14.9. The maximum Gasteiger partial charge on any atom is 0.00661 e. The van der Waals surface area contributed by atoms with Crippen LogP contribution in [0.5, 0.6) is 0 Å². The van der Waals surface area contributed by atoms with E-state index >= 15 is 0 Å². The molecule has 0 aliphatic rings. The molecule has 0 fully saturated rings. The predicted octanol–water partition coefficient (Wildman–Crippen LogP) is 5.61. The molecule has 3 heteroatoms. The number of hydrogen-bond acceptors (Lipinski definition) is 0. The summed E-state index contributed by atoms with van der Waals surface area (Å²) in [5.74, 6) is 0. The third-order valence-electron chi connectivity index (χ3n) is 3.02. The van der Waals surface area contributed by atoms with Crippen LogP contribution in [-0.4, -0.2) is 47.0 Å². The van der Waals surface area contributed by atoms with Crippen LogP contribution in [0.1, 0.15) is 41.5 Å². The van der Waals surface area contributed by atoms with Crippen molar-refractivity contribution < 1.29 is 0 Å². The molecular weight excluding hydrogens is 264 g/mol. The van der Waals surface area contributed by atoms with Crippen molar-refractivity contribution in [3.05, 3.63) is 0 Å². The minimum Gasteiger partial charge on any atom is -0.210 e. The number of rotatable bonds is 2. The number of hydrogen-bond donors (Lipinski definition) is 0. The molecule has 0 aromatic rings. The third-order valence-corrected chi connectivity index (χ3v) is 30.9. The van der Waals surface area contributed by atoms with Gasteiger partial charge in [-0.3, -0.25) is 0 Å². The molecule has 110 valence electrons. The predicted molar refractivity (Wildman–Crippen MR) is 97.8 cm³/mol. The molecule has 0 saturated carbocycles. The Hall–Kier alpha value is 1.05. The SMILES string of the molecule is CC(C)(C)S(C(C)(C)C)(S(C)(C)C)S(C)(C)C. The maximum absolute atomic E-state index is 2.55. The Labute approximate surface area is 114 Å². The van der Waals surface area contributed by atoms with Gasteiger partial charge in [-0.15, -0.1) is 0 Å². The van der Waals surface area contributed by atoms with Gasteiger partial charge in [-0.1, -0.05) is 41.5 Å². The molecule has 0 aliphatic heterocycles. The van der Waals surface area contributed by atoms with Crippen molar-refractivity contribution in [2.75, 3.05) is 37.5 Å². The highest BCUT2D eigenvalue weighted by Crippen LogP contribution is 3.00. The van der Waals surface area contributed by atoms with Gasteiger partial charge in [0.05, 0.1) is 0 Å². The van der Waals surface area contributed by atoms with Gasteiger partial charge in [-0.25, -0.2) is 18.1 Å². The van der Waals surface area contributed by atoms with Gasteiger partial charge in [0.1, 0.15) is 0 Å². The summed E-state index contributed by atoms with van der Waals surface area (Å²) >= 11 is 0. The Bertz CT molecular complexity index is 204. The Morgan fingerprint density at radius 3 is 0.647 bits per heavy atom. The average molecular weight is 301 g/mol. The first kappa shape index (κ1) is 18.0. The molecule has 0 bridgehead atoms. The average Bonchev–Trinajstić information content (AvgIpc) is 1.67. The smallest absolute Gasteiger partial charge is 0.00661 e. The van der Waals surface area contributed by atoms with Crippen LogP contribution in [0.4, 0.5) is 0 Å². The first-order chi connectivity index (χ1) is 7.00. The second kappa shape index (κ2) is 4.56. The van der Waals surface area contributed by atoms with Crippen LogP contribution in [0, 0.1) is 0 Å². The van der Waals surface area contributed by atoms with Gasteiger partial charge in [0.15, 0.2) is 0 Å². The van der Waals surface area contributed by atoms with Crippen LogP contribution in [0.3, 0.4) is 0 Å². The normalized spacial score (nSPS) is 19.1. The zero-order chi connectivity index (χ0) is 14.5. The molecule has 0 aromatic heterocycles. The molecule has 0 spiro atoms. The Morgan fingerprint density at radius 2 is 0.647 bits per heavy atom. The van der Waals surface area contributed by atoms with E-state index in [1.54, 1.807) is 0 Å². The lowest BCUT2D eigenvalue weighted by molar-refractivity contribution is 0.732. The fourth-order valence-corrected chi connectivity index (χ4v) is 46.3. The van der Waals surface area contributed by atoms with E-state index in [4.69, 9.17) is 0 Å². The molecule has 0 amide bonds. The van der Waals surface area contributed by atoms with Crippen molar-refractivity contribution in [1.29, 1.82) is 0 Å². The topological polar surface area (TPSA) is 0 Å². The Balaban J connectivity index is 6.37.